The molecule has 0 aliphatic carbocycles. The summed E-state index contributed by atoms with van der Waals surface area (Å²) in [4.78, 5) is 15.1. The van der Waals surface area contributed by atoms with Gasteiger partial charge in [0.05, 0.1) is 12.2 Å². The zero-order chi connectivity index (χ0) is 9.84. The first-order chi connectivity index (χ1) is 6.15. The lowest BCUT2D eigenvalue weighted by molar-refractivity contribution is 0.0525. The third kappa shape index (κ3) is 2.42. The molecule has 0 saturated heterocycles. The molecule has 0 spiro atoms. The van der Waals surface area contributed by atoms with Crippen LogP contribution in [0.15, 0.2) is 12.3 Å². The van der Waals surface area contributed by atoms with Gasteiger partial charge >= 0.3 is 5.97 Å². The van der Waals surface area contributed by atoms with Crippen molar-refractivity contribution in [3.8, 4) is 0 Å². The fraction of sp³-hybridized carbons (Fsp3) is 0.333. The van der Waals surface area contributed by atoms with Gasteiger partial charge < -0.3 is 4.74 Å². The monoisotopic (exact) mass is 199 g/mol. The Labute approximate surface area is 81.7 Å². The van der Waals surface area contributed by atoms with Crippen LogP contribution in [0.1, 0.15) is 22.8 Å². The van der Waals surface area contributed by atoms with Crippen LogP contribution in [0.25, 0.3) is 0 Å². The number of rotatable bonds is 2. The highest BCUT2D eigenvalue weighted by Gasteiger charge is 2.10. The van der Waals surface area contributed by atoms with Crippen LogP contribution in [0, 0.1) is 6.92 Å². The maximum absolute atomic E-state index is 11.3. The molecule has 0 amide bonds. The summed E-state index contributed by atoms with van der Waals surface area (Å²) in [5.74, 6) is -0.357. The first-order valence-electron chi connectivity index (χ1n) is 3.94. The van der Waals surface area contributed by atoms with E-state index in [1.807, 2.05) is 0 Å². The molecule has 0 aromatic carbocycles. The van der Waals surface area contributed by atoms with Gasteiger partial charge in [0.1, 0.15) is 5.15 Å². The van der Waals surface area contributed by atoms with Crippen LogP contribution < -0.4 is 0 Å². The lowest BCUT2D eigenvalue weighted by Gasteiger charge is -2.04. The standard InChI is InChI=1S/C9H10ClNO2/c1-3-13-9(12)7-5-11-8(10)4-6(7)2/h4-5H,3H2,1-2H3. The summed E-state index contributed by atoms with van der Waals surface area (Å²) in [7, 11) is 0. The van der Waals surface area contributed by atoms with Crippen molar-refractivity contribution in [2.24, 2.45) is 0 Å². The summed E-state index contributed by atoms with van der Waals surface area (Å²) >= 11 is 5.64. The Hall–Kier alpha value is -1.09. The van der Waals surface area contributed by atoms with Crippen molar-refractivity contribution in [2.45, 2.75) is 13.8 Å². The molecule has 0 unspecified atom stereocenters. The summed E-state index contributed by atoms with van der Waals surface area (Å²) in [5, 5.41) is 0.380. The van der Waals surface area contributed by atoms with E-state index in [1.54, 1.807) is 19.9 Å². The molecule has 0 atom stereocenters. The topological polar surface area (TPSA) is 39.2 Å². The van der Waals surface area contributed by atoms with Crippen molar-refractivity contribution in [1.82, 2.24) is 4.98 Å². The Balaban J connectivity index is 2.95. The molecule has 0 aliphatic heterocycles. The van der Waals surface area contributed by atoms with Crippen LogP contribution in [0.2, 0.25) is 5.15 Å². The fourth-order valence-corrected chi connectivity index (χ4v) is 1.16. The molecule has 1 rings (SSSR count). The normalized spacial score (nSPS) is 9.77. The number of ether oxygens (including phenoxy) is 1. The van der Waals surface area contributed by atoms with Crippen LogP contribution in [0.4, 0.5) is 0 Å². The van der Waals surface area contributed by atoms with Gasteiger partial charge in [-0.25, -0.2) is 9.78 Å². The zero-order valence-corrected chi connectivity index (χ0v) is 8.26. The Morgan fingerprint density at radius 1 is 1.69 bits per heavy atom. The third-order valence-electron chi connectivity index (χ3n) is 1.57. The number of carbonyl (C=O) groups is 1. The quantitative estimate of drug-likeness (QED) is 0.542. The van der Waals surface area contributed by atoms with Crippen LogP contribution in [-0.2, 0) is 4.74 Å². The third-order valence-corrected chi connectivity index (χ3v) is 1.78. The maximum atomic E-state index is 11.3. The van der Waals surface area contributed by atoms with Gasteiger partial charge in [-0.2, -0.15) is 0 Å². The van der Waals surface area contributed by atoms with Gasteiger partial charge in [-0.1, -0.05) is 11.6 Å². The molecule has 0 bridgehead atoms. The van der Waals surface area contributed by atoms with E-state index in [9.17, 15) is 4.79 Å². The van der Waals surface area contributed by atoms with Gasteiger partial charge in [-0.15, -0.1) is 0 Å². The predicted molar refractivity (Wildman–Crippen MR) is 49.9 cm³/mol. The fourth-order valence-electron chi connectivity index (χ4n) is 0.944. The van der Waals surface area contributed by atoms with Crippen LogP contribution in [-0.4, -0.2) is 17.6 Å². The molecule has 0 N–H and O–H groups in total. The zero-order valence-electron chi connectivity index (χ0n) is 7.50. The largest absolute Gasteiger partial charge is 0.462 e. The number of pyridine rings is 1. The molecular formula is C9H10ClNO2. The van der Waals surface area contributed by atoms with Crippen molar-refractivity contribution in [3.63, 3.8) is 0 Å². The van der Waals surface area contributed by atoms with Gasteiger partial charge in [0.15, 0.2) is 0 Å². The molecule has 1 heterocycles. The minimum absolute atomic E-state index is 0.357. The van der Waals surface area contributed by atoms with Crippen LogP contribution >= 0.6 is 11.6 Å². The number of aromatic nitrogens is 1. The average molecular weight is 200 g/mol. The van der Waals surface area contributed by atoms with E-state index in [0.29, 0.717) is 17.3 Å². The Bertz CT molecular complexity index is 325. The summed E-state index contributed by atoms with van der Waals surface area (Å²) in [6.07, 6.45) is 1.43. The maximum Gasteiger partial charge on any atom is 0.339 e. The minimum atomic E-state index is -0.357. The Morgan fingerprint density at radius 3 is 2.92 bits per heavy atom. The van der Waals surface area contributed by atoms with E-state index >= 15 is 0 Å². The van der Waals surface area contributed by atoms with Gasteiger partial charge in [0.2, 0.25) is 0 Å². The van der Waals surface area contributed by atoms with E-state index in [0.717, 1.165) is 5.56 Å². The van der Waals surface area contributed by atoms with Crippen LogP contribution in [0.5, 0.6) is 0 Å². The second-order valence-corrected chi connectivity index (χ2v) is 2.93. The molecule has 70 valence electrons. The number of hydrogen-bond donors (Lipinski definition) is 0. The predicted octanol–water partition coefficient (Wildman–Crippen LogP) is 2.22. The molecule has 3 nitrogen and oxygen atoms in total. The number of carbonyl (C=O) groups excluding carboxylic acids is 1. The number of esters is 1. The molecule has 1 aromatic heterocycles. The molecule has 0 radical (unpaired) electrons. The smallest absolute Gasteiger partial charge is 0.339 e. The molecule has 0 fully saturated rings. The first kappa shape index (κ1) is 9.99. The Morgan fingerprint density at radius 2 is 2.38 bits per heavy atom. The van der Waals surface area contributed by atoms with Crippen molar-refractivity contribution in [2.75, 3.05) is 6.61 Å². The van der Waals surface area contributed by atoms with Crippen LogP contribution in [0.3, 0.4) is 0 Å². The second-order valence-electron chi connectivity index (χ2n) is 2.54. The number of hydrogen-bond acceptors (Lipinski definition) is 3. The lowest BCUT2D eigenvalue weighted by atomic mass is 10.2. The summed E-state index contributed by atoms with van der Waals surface area (Å²) in [6, 6.07) is 1.63. The SMILES string of the molecule is CCOC(=O)c1cnc(Cl)cc1C. The number of aryl methyl sites for hydroxylation is 1. The Kier molecular flexibility index (Phi) is 3.25. The van der Waals surface area contributed by atoms with Gasteiger partial charge in [0.25, 0.3) is 0 Å². The summed E-state index contributed by atoms with van der Waals surface area (Å²) in [6.45, 7) is 3.91. The van der Waals surface area contributed by atoms with E-state index in [1.165, 1.54) is 6.20 Å². The minimum Gasteiger partial charge on any atom is -0.462 e. The van der Waals surface area contributed by atoms with E-state index in [-0.39, 0.29) is 5.97 Å². The molecule has 13 heavy (non-hydrogen) atoms. The van der Waals surface area contributed by atoms with Crippen molar-refractivity contribution >= 4 is 17.6 Å². The lowest BCUT2D eigenvalue weighted by Crippen LogP contribution is -2.07. The van der Waals surface area contributed by atoms with E-state index < -0.39 is 0 Å². The summed E-state index contributed by atoms with van der Waals surface area (Å²) < 4.78 is 4.83. The van der Waals surface area contributed by atoms with Crippen molar-refractivity contribution in [3.05, 3.63) is 28.5 Å². The molecule has 0 saturated carbocycles. The highest BCUT2D eigenvalue weighted by atomic mass is 35.5. The van der Waals surface area contributed by atoms with Gasteiger partial charge in [-0.05, 0) is 25.5 Å². The highest BCUT2D eigenvalue weighted by Crippen LogP contribution is 2.12. The first-order valence-corrected chi connectivity index (χ1v) is 4.32. The van der Waals surface area contributed by atoms with E-state index in [2.05, 4.69) is 4.98 Å². The second kappa shape index (κ2) is 4.23. The number of nitrogens with zero attached hydrogens (tertiary/aromatic N) is 1. The van der Waals surface area contributed by atoms with E-state index in [4.69, 9.17) is 16.3 Å². The van der Waals surface area contributed by atoms with Crippen molar-refractivity contribution in [1.29, 1.82) is 0 Å². The average Bonchev–Trinajstić information content (AvgIpc) is 2.04. The number of halogens is 1. The highest BCUT2D eigenvalue weighted by molar-refractivity contribution is 6.29. The van der Waals surface area contributed by atoms with Crippen molar-refractivity contribution < 1.29 is 9.53 Å². The van der Waals surface area contributed by atoms with Gasteiger partial charge in [0, 0.05) is 6.20 Å². The molecular weight excluding hydrogens is 190 g/mol. The molecule has 4 heteroatoms. The molecule has 1 aromatic rings. The molecule has 0 aliphatic rings. The summed E-state index contributed by atoms with van der Waals surface area (Å²) in [5.41, 5.74) is 1.24. The van der Waals surface area contributed by atoms with Gasteiger partial charge in [-0.3, -0.25) is 0 Å².